The number of hydrogen-bond donors (Lipinski definition) is 2. The number of nitrogens with zero attached hydrogens (tertiary/aromatic N) is 5. The molecule has 2 aromatic heterocycles. The van der Waals surface area contributed by atoms with E-state index in [1.807, 2.05) is 27.7 Å². The molecule has 1 aliphatic rings. The topological polar surface area (TPSA) is 112 Å². The summed E-state index contributed by atoms with van der Waals surface area (Å²) in [6, 6.07) is 8.24. The monoisotopic (exact) mass is 377 g/mol. The Morgan fingerprint density at radius 2 is 1.75 bits per heavy atom. The lowest BCUT2D eigenvalue weighted by Gasteiger charge is -2.22. The van der Waals surface area contributed by atoms with Gasteiger partial charge in [0.2, 0.25) is 11.8 Å². The zero-order valence-electron chi connectivity index (χ0n) is 15.9. The second-order valence-electron chi connectivity index (χ2n) is 7.68. The van der Waals surface area contributed by atoms with Gasteiger partial charge in [-0.1, -0.05) is 0 Å². The predicted molar refractivity (Wildman–Crippen MR) is 105 cm³/mol. The molecule has 8 nitrogen and oxygen atoms in total. The van der Waals surface area contributed by atoms with E-state index in [0.29, 0.717) is 22.2 Å². The van der Waals surface area contributed by atoms with Gasteiger partial charge in [0.1, 0.15) is 0 Å². The maximum Gasteiger partial charge on any atom is 0.279 e. The van der Waals surface area contributed by atoms with Crippen molar-refractivity contribution in [2.24, 2.45) is 15.2 Å². The Morgan fingerprint density at radius 1 is 1.04 bits per heavy atom. The van der Waals surface area contributed by atoms with Gasteiger partial charge in [-0.25, -0.2) is 4.98 Å². The van der Waals surface area contributed by atoms with E-state index in [2.05, 4.69) is 20.2 Å². The second-order valence-corrected chi connectivity index (χ2v) is 7.68. The van der Waals surface area contributed by atoms with Crippen molar-refractivity contribution in [3.05, 3.63) is 47.2 Å². The van der Waals surface area contributed by atoms with Crippen LogP contribution in [0.15, 0.2) is 45.6 Å². The van der Waals surface area contributed by atoms with Crippen LogP contribution in [0.1, 0.15) is 42.4 Å². The molecule has 0 aliphatic carbocycles. The largest absolute Gasteiger partial charge is 0.494 e. The third-order valence-electron chi connectivity index (χ3n) is 4.54. The summed E-state index contributed by atoms with van der Waals surface area (Å²) in [5.41, 5.74) is 1.13. The summed E-state index contributed by atoms with van der Waals surface area (Å²) in [7, 11) is 0. The van der Waals surface area contributed by atoms with Crippen molar-refractivity contribution in [1.29, 1.82) is 0 Å². The fourth-order valence-corrected chi connectivity index (χ4v) is 3.22. The van der Waals surface area contributed by atoms with Crippen molar-refractivity contribution < 1.29 is 15.0 Å². The summed E-state index contributed by atoms with van der Waals surface area (Å²) in [6.07, 6.45) is 0. The number of pyridine rings is 1. The van der Waals surface area contributed by atoms with Gasteiger partial charge in [-0.2, -0.15) is 4.99 Å². The number of rotatable bonds is 1. The van der Waals surface area contributed by atoms with Crippen molar-refractivity contribution in [3.63, 3.8) is 0 Å². The number of aryl methyl sites for hydroxylation is 1. The highest BCUT2D eigenvalue weighted by Crippen LogP contribution is 2.41. The number of carbonyl (C=O) groups excluding carboxylic acids is 1. The Labute approximate surface area is 160 Å². The minimum absolute atomic E-state index is 0.0507. The standard InChI is InChI=1S/C20H19N5O3/c1-10-5-7-13-15(21-10)23-24-16(13)22-17(26)11-6-8-12-14(9-11)19(28)25(18(12)27)20(2,3)4/h5-9,27-28H,1-4H3. The number of aromatic nitrogens is 2. The molecule has 1 amide bonds. The van der Waals surface area contributed by atoms with E-state index in [4.69, 9.17) is 0 Å². The summed E-state index contributed by atoms with van der Waals surface area (Å²) < 4.78 is 1.42. The van der Waals surface area contributed by atoms with Gasteiger partial charge < -0.3 is 10.2 Å². The lowest BCUT2D eigenvalue weighted by atomic mass is 10.1. The highest BCUT2D eigenvalue weighted by atomic mass is 16.3. The number of carbonyl (C=O) groups is 1. The van der Waals surface area contributed by atoms with E-state index in [9.17, 15) is 15.0 Å². The van der Waals surface area contributed by atoms with Crippen LogP contribution in [0.25, 0.3) is 10.8 Å². The highest BCUT2D eigenvalue weighted by Gasteiger charge is 2.26. The molecule has 0 radical (unpaired) electrons. The van der Waals surface area contributed by atoms with Crippen LogP contribution in [0, 0.1) is 6.92 Å². The predicted octanol–water partition coefficient (Wildman–Crippen LogP) is 4.20. The van der Waals surface area contributed by atoms with E-state index >= 15 is 0 Å². The second kappa shape index (κ2) is 5.98. The van der Waals surface area contributed by atoms with Crippen LogP contribution in [0.5, 0.6) is 11.8 Å². The molecule has 142 valence electrons. The number of amidine groups is 1. The molecule has 8 heteroatoms. The molecule has 0 saturated heterocycles. The number of amides is 1. The summed E-state index contributed by atoms with van der Waals surface area (Å²) in [4.78, 5) is 21.0. The average molecular weight is 377 g/mol. The molecule has 1 aliphatic heterocycles. The Morgan fingerprint density at radius 3 is 2.46 bits per heavy atom. The minimum Gasteiger partial charge on any atom is -0.494 e. The first-order valence-corrected chi connectivity index (χ1v) is 8.76. The van der Waals surface area contributed by atoms with Crippen molar-refractivity contribution in [3.8, 4) is 11.8 Å². The smallest absolute Gasteiger partial charge is 0.279 e. The van der Waals surface area contributed by atoms with Crippen LogP contribution < -0.4 is 0 Å². The van der Waals surface area contributed by atoms with E-state index in [1.54, 1.807) is 24.3 Å². The SMILES string of the molecule is Cc1ccc2c(n1)N=NC2=NC(=O)c1ccc2c(O)n(C(C)(C)C)c(O)c2c1. The first kappa shape index (κ1) is 17.8. The Hall–Kier alpha value is -3.55. The molecule has 3 heterocycles. The van der Waals surface area contributed by atoms with Crippen molar-refractivity contribution in [2.75, 3.05) is 0 Å². The summed E-state index contributed by atoms with van der Waals surface area (Å²) in [6.45, 7) is 7.43. The van der Waals surface area contributed by atoms with E-state index in [-0.39, 0.29) is 23.2 Å². The van der Waals surface area contributed by atoms with Gasteiger partial charge >= 0.3 is 0 Å². The fraction of sp³-hybridized carbons (Fsp3) is 0.250. The summed E-state index contributed by atoms with van der Waals surface area (Å²) in [5, 5.41) is 29.7. The van der Waals surface area contributed by atoms with Gasteiger partial charge in [0.05, 0.1) is 5.56 Å². The number of aliphatic imine (C=N–C) groups is 1. The Kier molecular flexibility index (Phi) is 3.81. The highest BCUT2D eigenvalue weighted by molar-refractivity contribution is 6.13. The van der Waals surface area contributed by atoms with Crippen LogP contribution >= 0.6 is 0 Å². The zero-order chi connectivity index (χ0) is 20.2. The average Bonchev–Trinajstić information content (AvgIpc) is 3.12. The molecule has 0 spiro atoms. The van der Waals surface area contributed by atoms with Gasteiger partial charge in [-0.3, -0.25) is 9.36 Å². The molecule has 0 atom stereocenters. The molecular formula is C20H19N5O3. The van der Waals surface area contributed by atoms with Crippen molar-refractivity contribution in [2.45, 2.75) is 33.2 Å². The lowest BCUT2D eigenvalue weighted by Crippen LogP contribution is -2.20. The molecular weight excluding hydrogens is 358 g/mol. The Bertz CT molecular complexity index is 1200. The first-order chi connectivity index (χ1) is 13.2. The van der Waals surface area contributed by atoms with Crippen molar-refractivity contribution in [1.82, 2.24) is 9.55 Å². The molecule has 2 N–H and O–H groups in total. The van der Waals surface area contributed by atoms with Crippen molar-refractivity contribution >= 4 is 28.3 Å². The van der Waals surface area contributed by atoms with E-state index < -0.39 is 11.4 Å². The molecule has 28 heavy (non-hydrogen) atoms. The maximum absolute atomic E-state index is 12.7. The first-order valence-electron chi connectivity index (χ1n) is 8.76. The molecule has 0 unspecified atom stereocenters. The molecule has 4 rings (SSSR count). The minimum atomic E-state index is -0.531. The van der Waals surface area contributed by atoms with Crippen LogP contribution in [0.4, 0.5) is 5.82 Å². The van der Waals surface area contributed by atoms with Crippen LogP contribution in [-0.4, -0.2) is 31.5 Å². The quantitative estimate of drug-likeness (QED) is 0.662. The van der Waals surface area contributed by atoms with Crippen LogP contribution in [-0.2, 0) is 5.54 Å². The molecule has 0 bridgehead atoms. The number of fused-ring (bicyclic) bond motifs is 2. The lowest BCUT2D eigenvalue weighted by molar-refractivity contribution is 0.100. The fourth-order valence-electron chi connectivity index (χ4n) is 3.22. The molecule has 1 aromatic carbocycles. The summed E-state index contributed by atoms with van der Waals surface area (Å²) in [5.74, 6) is -0.0384. The third-order valence-corrected chi connectivity index (χ3v) is 4.54. The van der Waals surface area contributed by atoms with E-state index in [1.165, 1.54) is 10.6 Å². The third kappa shape index (κ3) is 2.74. The number of aromatic hydroxyl groups is 2. The van der Waals surface area contributed by atoms with Gasteiger partial charge in [-0.15, -0.1) is 10.2 Å². The number of hydrogen-bond acceptors (Lipinski definition) is 5. The normalized spacial score (nSPS) is 14.8. The van der Waals surface area contributed by atoms with Crippen LogP contribution in [0.3, 0.4) is 0 Å². The molecule has 0 saturated carbocycles. The molecule has 0 fully saturated rings. The maximum atomic E-state index is 12.7. The molecule has 3 aromatic rings. The number of azo groups is 1. The zero-order valence-corrected chi connectivity index (χ0v) is 15.9. The Balaban J connectivity index is 1.76. The van der Waals surface area contributed by atoms with Gasteiger partial charge in [0, 0.05) is 27.6 Å². The van der Waals surface area contributed by atoms with E-state index in [0.717, 1.165) is 5.69 Å². The van der Waals surface area contributed by atoms with Gasteiger partial charge in [0.15, 0.2) is 11.7 Å². The van der Waals surface area contributed by atoms with Gasteiger partial charge in [-0.05, 0) is 58.0 Å². The van der Waals surface area contributed by atoms with Gasteiger partial charge in [0.25, 0.3) is 5.91 Å². The number of benzene rings is 1. The summed E-state index contributed by atoms with van der Waals surface area (Å²) >= 11 is 0. The van der Waals surface area contributed by atoms with Crippen LogP contribution in [0.2, 0.25) is 0 Å².